The van der Waals surface area contributed by atoms with E-state index in [0.29, 0.717) is 43.0 Å². The lowest BCUT2D eigenvalue weighted by molar-refractivity contribution is -0.593. The van der Waals surface area contributed by atoms with E-state index in [1.807, 2.05) is 17.9 Å². The molecule has 1 saturated heterocycles. The van der Waals surface area contributed by atoms with Crippen molar-refractivity contribution in [1.82, 2.24) is 10.3 Å². The van der Waals surface area contributed by atoms with Gasteiger partial charge in [-0.1, -0.05) is 0 Å². The van der Waals surface area contributed by atoms with Crippen molar-refractivity contribution in [3.63, 3.8) is 0 Å². The first-order valence-corrected chi connectivity index (χ1v) is 10.8. The zero-order chi connectivity index (χ0) is 20.8. The molecule has 2 aliphatic rings. The highest BCUT2D eigenvalue weighted by Gasteiger charge is 2.41. The van der Waals surface area contributed by atoms with Gasteiger partial charge in [0.1, 0.15) is 42.3 Å². The fourth-order valence-electron chi connectivity index (χ4n) is 3.94. The van der Waals surface area contributed by atoms with E-state index in [4.69, 9.17) is 4.74 Å². The summed E-state index contributed by atoms with van der Waals surface area (Å²) in [5.41, 5.74) is 3.24. The first-order valence-electron chi connectivity index (χ1n) is 9.91. The average Bonchev–Trinajstić information content (AvgIpc) is 3.09. The van der Waals surface area contributed by atoms with Gasteiger partial charge >= 0.3 is 0 Å². The molecular weight excluding hydrogens is 407 g/mol. The van der Waals surface area contributed by atoms with Crippen molar-refractivity contribution in [2.45, 2.75) is 31.9 Å². The molecule has 2 aromatic heterocycles. The number of thiazole rings is 1. The van der Waals surface area contributed by atoms with E-state index in [2.05, 4.69) is 10.3 Å². The second-order valence-corrected chi connectivity index (χ2v) is 8.90. The number of benzene rings is 1. The number of hydrogen-bond donors (Lipinski definition) is 1. The van der Waals surface area contributed by atoms with Crippen LogP contribution in [0.15, 0.2) is 36.0 Å². The molecule has 0 atom stereocenters. The van der Waals surface area contributed by atoms with Crippen molar-refractivity contribution in [1.29, 1.82) is 0 Å². The molecule has 9 heteroatoms. The van der Waals surface area contributed by atoms with Gasteiger partial charge in [0.15, 0.2) is 0 Å². The Kier molecular flexibility index (Phi) is 4.69. The minimum Gasteiger partial charge on any atom is -0.711 e. The summed E-state index contributed by atoms with van der Waals surface area (Å²) in [4.78, 5) is 18.7. The van der Waals surface area contributed by atoms with Gasteiger partial charge in [0, 0.05) is 18.1 Å². The van der Waals surface area contributed by atoms with E-state index >= 15 is 0 Å². The number of ether oxygens (including phenoxy) is 1. The topological polar surface area (TPSA) is 81.4 Å². The lowest BCUT2D eigenvalue weighted by Gasteiger charge is -2.39. The number of hydrogen-bond acceptors (Lipinski definition) is 6. The van der Waals surface area contributed by atoms with Crippen LogP contribution in [0, 0.1) is 23.9 Å². The molecule has 3 aromatic rings. The lowest BCUT2D eigenvalue weighted by Crippen LogP contribution is -2.63. The molecule has 1 saturated carbocycles. The molecule has 0 bridgehead atoms. The molecule has 1 aromatic carbocycles. The molecule has 156 valence electrons. The van der Waals surface area contributed by atoms with Gasteiger partial charge in [-0.05, 0) is 37.5 Å². The summed E-state index contributed by atoms with van der Waals surface area (Å²) in [6.45, 7) is 3.12. The third-order valence-electron chi connectivity index (χ3n) is 5.72. The smallest absolute Gasteiger partial charge is 0.279 e. The highest BCUT2D eigenvalue weighted by Crippen LogP contribution is 2.35. The van der Waals surface area contributed by atoms with Crippen molar-refractivity contribution >= 4 is 33.3 Å². The van der Waals surface area contributed by atoms with E-state index in [9.17, 15) is 14.4 Å². The van der Waals surface area contributed by atoms with Crippen LogP contribution < -0.4 is 19.7 Å². The van der Waals surface area contributed by atoms with E-state index in [1.165, 1.54) is 23.5 Å². The third kappa shape index (κ3) is 3.54. The molecule has 0 unspecified atom stereocenters. The Hall–Kier alpha value is -2.94. The van der Waals surface area contributed by atoms with Gasteiger partial charge in [-0.15, -0.1) is 11.3 Å². The van der Waals surface area contributed by atoms with Gasteiger partial charge < -0.3 is 15.3 Å². The second-order valence-electron chi connectivity index (χ2n) is 8.01. The summed E-state index contributed by atoms with van der Waals surface area (Å²) in [5.74, 6) is 0.599. The summed E-state index contributed by atoms with van der Waals surface area (Å²) >= 11 is 1.37. The number of anilines is 1. The molecule has 0 spiro atoms. The molecule has 5 rings (SSSR count). The Labute approximate surface area is 176 Å². The normalized spacial score (nSPS) is 21.2. The Morgan fingerprint density at radius 1 is 1.37 bits per heavy atom. The van der Waals surface area contributed by atoms with E-state index in [0.717, 1.165) is 15.0 Å². The van der Waals surface area contributed by atoms with Crippen LogP contribution in [0.2, 0.25) is 0 Å². The third-order valence-corrected chi connectivity index (χ3v) is 6.50. The number of aromatic nitrogens is 2. The fraction of sp³-hybridized carbons (Fsp3) is 0.381. The van der Waals surface area contributed by atoms with Crippen LogP contribution in [0.1, 0.15) is 18.4 Å². The molecule has 0 radical (unpaired) electrons. The number of nitrogens with one attached hydrogen (secondary N) is 1. The van der Waals surface area contributed by atoms with Gasteiger partial charge in [-0.2, -0.15) is 0 Å². The number of carbonyl (C=O) groups excluding carboxylic acids is 1. The van der Waals surface area contributed by atoms with E-state index < -0.39 is 0 Å². The molecular formula is C21H21FN4O3S. The maximum Gasteiger partial charge on any atom is 0.279 e. The van der Waals surface area contributed by atoms with Gasteiger partial charge in [0.05, 0.1) is 16.4 Å². The van der Waals surface area contributed by atoms with E-state index in [1.54, 1.807) is 17.8 Å². The minimum absolute atomic E-state index is 0.0106. The van der Waals surface area contributed by atoms with Crippen LogP contribution >= 0.6 is 11.3 Å². The van der Waals surface area contributed by atoms with Gasteiger partial charge in [-0.25, -0.2) is 14.1 Å². The number of amides is 1. The number of halogens is 1. The summed E-state index contributed by atoms with van der Waals surface area (Å²) < 4.78 is 21.3. The Balaban J connectivity index is 1.10. The number of carbonyl (C=O) groups is 1. The molecule has 30 heavy (non-hydrogen) atoms. The van der Waals surface area contributed by atoms with Crippen LogP contribution in [0.4, 0.5) is 10.2 Å². The van der Waals surface area contributed by atoms with Crippen molar-refractivity contribution in [3.05, 3.63) is 52.6 Å². The maximum absolute atomic E-state index is 13.7. The average molecular weight is 428 g/mol. The molecule has 7 nitrogen and oxygen atoms in total. The highest BCUT2D eigenvalue weighted by atomic mass is 32.1. The standard InChI is InChI=1S/C21H21FN4O3S/c1-12-2-3-19(26(28)8-12)25-9-15(10-25)24-21(27)13-4-16(5-13)29-17-6-14(22)7-18-20(17)23-11-30-18/h2-3,6-8,11,13,15-16H,4-5,9-10H2,1H3,(H,24,27)/t13-,16-. The number of fused-ring (bicyclic) bond motifs is 1. The number of rotatable bonds is 5. The highest BCUT2D eigenvalue weighted by molar-refractivity contribution is 7.16. The minimum atomic E-state index is -0.349. The Morgan fingerprint density at radius 3 is 2.93 bits per heavy atom. The fourth-order valence-corrected chi connectivity index (χ4v) is 4.66. The first-order chi connectivity index (χ1) is 14.5. The van der Waals surface area contributed by atoms with Crippen molar-refractivity contribution in [2.24, 2.45) is 5.92 Å². The van der Waals surface area contributed by atoms with E-state index in [-0.39, 0.29) is 29.8 Å². The summed E-state index contributed by atoms with van der Waals surface area (Å²) in [5, 5.41) is 15.0. The van der Waals surface area contributed by atoms with Crippen molar-refractivity contribution in [2.75, 3.05) is 18.0 Å². The van der Waals surface area contributed by atoms with Crippen LogP contribution in [0.5, 0.6) is 5.75 Å². The summed E-state index contributed by atoms with van der Waals surface area (Å²) in [7, 11) is 0. The number of aryl methyl sites for hydroxylation is 1. The predicted octanol–water partition coefficient (Wildman–Crippen LogP) is 2.54. The lowest BCUT2D eigenvalue weighted by atomic mass is 9.81. The molecule has 1 aliphatic carbocycles. The Bertz CT molecular complexity index is 1110. The molecule has 1 aliphatic heterocycles. The monoisotopic (exact) mass is 428 g/mol. The Morgan fingerprint density at radius 2 is 2.17 bits per heavy atom. The van der Waals surface area contributed by atoms with Crippen LogP contribution in [-0.2, 0) is 4.79 Å². The summed E-state index contributed by atoms with van der Waals surface area (Å²) in [6.07, 6.45) is 2.64. The molecule has 1 amide bonds. The molecule has 2 fully saturated rings. The van der Waals surface area contributed by atoms with Gasteiger partial charge in [0.25, 0.3) is 5.82 Å². The number of pyridine rings is 1. The van der Waals surface area contributed by atoms with Crippen LogP contribution in [0.25, 0.3) is 10.2 Å². The van der Waals surface area contributed by atoms with Crippen LogP contribution in [0.3, 0.4) is 0 Å². The van der Waals surface area contributed by atoms with Crippen molar-refractivity contribution in [3.8, 4) is 5.75 Å². The molecule has 3 heterocycles. The summed E-state index contributed by atoms with van der Waals surface area (Å²) in [6, 6.07) is 6.55. The SMILES string of the molecule is Cc1ccc(N2CC(NC(=O)[C@H]3C[C@H](Oc4cc(F)cc5scnc45)C3)C2)[n+]([O-])c1. The zero-order valence-corrected chi connectivity index (χ0v) is 17.2. The number of nitrogens with zero attached hydrogens (tertiary/aromatic N) is 3. The maximum atomic E-state index is 13.7. The quantitative estimate of drug-likeness (QED) is 0.499. The van der Waals surface area contributed by atoms with Gasteiger partial charge in [0.2, 0.25) is 5.91 Å². The molecule has 1 N–H and O–H groups in total. The van der Waals surface area contributed by atoms with Crippen LogP contribution in [-0.4, -0.2) is 36.1 Å². The van der Waals surface area contributed by atoms with Crippen molar-refractivity contribution < 1.29 is 18.7 Å². The second kappa shape index (κ2) is 7.39. The van der Waals surface area contributed by atoms with Gasteiger partial charge in [-0.3, -0.25) is 9.69 Å². The predicted molar refractivity (Wildman–Crippen MR) is 111 cm³/mol. The zero-order valence-electron chi connectivity index (χ0n) is 16.4. The largest absolute Gasteiger partial charge is 0.711 e. The first kappa shape index (κ1) is 19.0.